The van der Waals surface area contributed by atoms with Gasteiger partial charge in [-0.25, -0.2) is 4.98 Å². The van der Waals surface area contributed by atoms with Gasteiger partial charge in [0.2, 0.25) is 0 Å². The first kappa shape index (κ1) is 15.7. The molecule has 1 N–H and O–H groups in total. The third-order valence-electron chi connectivity index (χ3n) is 4.36. The van der Waals surface area contributed by atoms with Crippen LogP contribution in [0.25, 0.3) is 10.2 Å². The summed E-state index contributed by atoms with van der Waals surface area (Å²) in [6, 6.07) is 5.96. The lowest BCUT2D eigenvalue weighted by atomic mass is 9.91. The van der Waals surface area contributed by atoms with Crippen LogP contribution in [0.15, 0.2) is 47.6 Å². The van der Waals surface area contributed by atoms with E-state index < -0.39 is 5.54 Å². The van der Waals surface area contributed by atoms with Crippen molar-refractivity contribution >= 4 is 44.3 Å². The minimum atomic E-state index is -1.04. The maximum Gasteiger partial charge on any atom is 0.252 e. The number of amides is 2. The Hall–Kier alpha value is -2.80. The molecule has 2 aliphatic rings. The van der Waals surface area contributed by atoms with E-state index in [1.807, 2.05) is 31.2 Å². The van der Waals surface area contributed by atoms with Gasteiger partial charge in [-0.2, -0.15) is 4.99 Å². The van der Waals surface area contributed by atoms with Crippen molar-refractivity contribution in [2.24, 2.45) is 4.99 Å². The zero-order valence-corrected chi connectivity index (χ0v) is 14.6. The summed E-state index contributed by atoms with van der Waals surface area (Å²) in [5, 5.41) is 3.40. The Morgan fingerprint density at radius 3 is 3.04 bits per heavy atom. The number of rotatable bonds is 2. The molecule has 0 spiro atoms. The fourth-order valence-electron chi connectivity index (χ4n) is 3.00. The molecule has 0 saturated heterocycles. The highest BCUT2D eigenvalue weighted by molar-refractivity contribution is 7.22. The Morgan fingerprint density at radius 1 is 1.36 bits per heavy atom. The molecule has 0 radical (unpaired) electrons. The molecule has 2 aliphatic heterocycles. The van der Waals surface area contributed by atoms with Crippen molar-refractivity contribution in [3.05, 3.63) is 48.2 Å². The van der Waals surface area contributed by atoms with Gasteiger partial charge in [0, 0.05) is 6.20 Å². The fourth-order valence-corrected chi connectivity index (χ4v) is 3.96. The van der Waals surface area contributed by atoms with Crippen molar-refractivity contribution in [1.29, 1.82) is 0 Å². The summed E-state index contributed by atoms with van der Waals surface area (Å²) in [5.74, 6) is -0.0934. The van der Waals surface area contributed by atoms with Crippen LogP contribution in [-0.2, 0) is 9.59 Å². The van der Waals surface area contributed by atoms with Crippen LogP contribution in [0.4, 0.5) is 5.13 Å². The number of aliphatic imine (C=N–C) groups is 1. The molecule has 0 bridgehead atoms. The van der Waals surface area contributed by atoms with Gasteiger partial charge in [-0.05, 0) is 43.7 Å². The summed E-state index contributed by atoms with van der Waals surface area (Å²) >= 11 is 1.42. The van der Waals surface area contributed by atoms with E-state index in [-0.39, 0.29) is 18.2 Å². The second-order valence-electron chi connectivity index (χ2n) is 6.33. The summed E-state index contributed by atoms with van der Waals surface area (Å²) in [6.45, 7) is 3.76. The molecule has 3 heterocycles. The molecule has 2 amide bonds. The number of nitrogens with one attached hydrogen (secondary N) is 1. The maximum atomic E-state index is 13.0. The van der Waals surface area contributed by atoms with Crippen molar-refractivity contribution in [1.82, 2.24) is 9.88 Å². The number of thiazole rings is 1. The van der Waals surface area contributed by atoms with Gasteiger partial charge in [0.15, 0.2) is 5.13 Å². The molecule has 25 heavy (non-hydrogen) atoms. The molecule has 0 aliphatic carbocycles. The molecule has 1 unspecified atom stereocenters. The second-order valence-corrected chi connectivity index (χ2v) is 7.36. The molecule has 7 heteroatoms. The summed E-state index contributed by atoms with van der Waals surface area (Å²) in [5.41, 5.74) is 0.951. The van der Waals surface area contributed by atoms with E-state index in [9.17, 15) is 9.59 Å². The largest absolute Gasteiger partial charge is 0.317 e. The van der Waals surface area contributed by atoms with Crippen molar-refractivity contribution < 1.29 is 9.59 Å². The van der Waals surface area contributed by atoms with Crippen LogP contribution in [0.1, 0.15) is 18.9 Å². The van der Waals surface area contributed by atoms with Crippen LogP contribution in [-0.4, -0.2) is 33.1 Å². The molecule has 2 aromatic rings. The Morgan fingerprint density at radius 2 is 2.20 bits per heavy atom. The van der Waals surface area contributed by atoms with Gasteiger partial charge in [0.1, 0.15) is 11.4 Å². The molecule has 126 valence electrons. The first-order chi connectivity index (χ1) is 12.0. The molecular weight excluding hydrogens is 336 g/mol. The highest BCUT2D eigenvalue weighted by Gasteiger charge is 2.45. The molecule has 1 atom stereocenters. The number of fused-ring (bicyclic) bond motifs is 2. The maximum absolute atomic E-state index is 13.0. The van der Waals surface area contributed by atoms with E-state index in [1.165, 1.54) is 11.3 Å². The van der Waals surface area contributed by atoms with Crippen LogP contribution < -0.4 is 5.32 Å². The topological polar surface area (TPSA) is 74.7 Å². The number of benzene rings is 1. The van der Waals surface area contributed by atoms with Gasteiger partial charge in [-0.15, -0.1) is 0 Å². The summed E-state index contributed by atoms with van der Waals surface area (Å²) in [6.07, 6.45) is 7.13. The normalized spacial score (nSPS) is 22.1. The predicted molar refractivity (Wildman–Crippen MR) is 98.6 cm³/mol. The first-order valence-corrected chi connectivity index (χ1v) is 8.72. The number of hydrogen-bond acceptors (Lipinski definition) is 5. The standard InChI is InChI=1S/C18H16N4O2S/c1-11-6-7-12-13(9-11)25-17(19-12)21-16(24)18(2)10-15(23)20-14-5-3-4-8-22(14)18/h3-9H,10H2,1-2H3,(H,19,21,24). The van der Waals surface area contributed by atoms with E-state index in [0.29, 0.717) is 11.0 Å². The molecular formula is C18H16N4O2S. The van der Waals surface area contributed by atoms with Crippen LogP contribution in [0.5, 0.6) is 0 Å². The van der Waals surface area contributed by atoms with E-state index in [1.54, 1.807) is 30.2 Å². The van der Waals surface area contributed by atoms with Crippen molar-refractivity contribution in [2.45, 2.75) is 25.8 Å². The Kier molecular flexibility index (Phi) is 3.54. The molecule has 0 saturated carbocycles. The quantitative estimate of drug-likeness (QED) is 0.901. The van der Waals surface area contributed by atoms with Gasteiger partial charge >= 0.3 is 0 Å². The number of allylic oxidation sites excluding steroid dienone is 2. The lowest BCUT2D eigenvalue weighted by Crippen LogP contribution is -2.58. The van der Waals surface area contributed by atoms with E-state index >= 15 is 0 Å². The highest BCUT2D eigenvalue weighted by atomic mass is 32.1. The number of aryl methyl sites for hydroxylation is 1. The van der Waals surface area contributed by atoms with E-state index in [4.69, 9.17) is 0 Å². The SMILES string of the molecule is Cc1ccc2nc(NC(=O)C3(C)CC(=O)N=C4C=CC=CN43)sc2c1. The van der Waals surface area contributed by atoms with Crippen molar-refractivity contribution in [2.75, 3.05) is 5.32 Å². The molecule has 1 aromatic carbocycles. The van der Waals surface area contributed by atoms with Crippen molar-refractivity contribution in [3.8, 4) is 0 Å². The van der Waals surface area contributed by atoms with Crippen molar-refractivity contribution in [3.63, 3.8) is 0 Å². The summed E-state index contributed by atoms with van der Waals surface area (Å²) < 4.78 is 1.02. The molecule has 1 aromatic heterocycles. The number of hydrogen-bond donors (Lipinski definition) is 1. The summed E-state index contributed by atoms with van der Waals surface area (Å²) in [4.78, 5) is 35.2. The number of nitrogens with zero attached hydrogens (tertiary/aromatic N) is 3. The van der Waals surface area contributed by atoms with Gasteiger partial charge in [-0.1, -0.05) is 23.5 Å². The number of anilines is 1. The smallest absolute Gasteiger partial charge is 0.252 e. The minimum absolute atomic E-state index is 0.0184. The number of amidine groups is 1. The van der Waals surface area contributed by atoms with Gasteiger partial charge in [-0.3, -0.25) is 14.9 Å². The monoisotopic (exact) mass is 352 g/mol. The first-order valence-electron chi connectivity index (χ1n) is 7.90. The Labute approximate surface area is 148 Å². The number of carbonyl (C=O) groups excluding carboxylic acids is 2. The Bertz CT molecular complexity index is 988. The minimum Gasteiger partial charge on any atom is -0.317 e. The third-order valence-corrected chi connectivity index (χ3v) is 5.29. The predicted octanol–water partition coefficient (Wildman–Crippen LogP) is 3.02. The van der Waals surface area contributed by atoms with Crippen LogP contribution in [0, 0.1) is 6.92 Å². The lowest BCUT2D eigenvalue weighted by Gasteiger charge is -2.41. The average Bonchev–Trinajstić information content (AvgIpc) is 2.96. The highest BCUT2D eigenvalue weighted by Crippen LogP contribution is 2.31. The van der Waals surface area contributed by atoms with E-state index in [2.05, 4.69) is 15.3 Å². The summed E-state index contributed by atoms with van der Waals surface area (Å²) in [7, 11) is 0. The molecule has 0 fully saturated rings. The second kappa shape index (κ2) is 5.63. The number of carbonyl (C=O) groups is 2. The third kappa shape index (κ3) is 2.66. The van der Waals surface area contributed by atoms with Gasteiger partial charge in [0.05, 0.1) is 16.6 Å². The fraction of sp³-hybridized carbons (Fsp3) is 0.222. The molecule has 4 rings (SSSR count). The van der Waals surface area contributed by atoms with Gasteiger partial charge in [0.25, 0.3) is 11.8 Å². The van der Waals surface area contributed by atoms with E-state index in [0.717, 1.165) is 15.8 Å². The van der Waals surface area contributed by atoms with Gasteiger partial charge < -0.3 is 4.90 Å². The number of aromatic nitrogens is 1. The zero-order valence-electron chi connectivity index (χ0n) is 13.8. The molecule has 6 nitrogen and oxygen atoms in total. The van der Waals surface area contributed by atoms with Crippen LogP contribution >= 0.6 is 11.3 Å². The lowest BCUT2D eigenvalue weighted by molar-refractivity contribution is -0.130. The zero-order chi connectivity index (χ0) is 17.6. The van der Waals surface area contributed by atoms with Crippen LogP contribution in [0.2, 0.25) is 0 Å². The van der Waals surface area contributed by atoms with Crippen LogP contribution in [0.3, 0.4) is 0 Å². The Balaban J connectivity index is 1.65. The average molecular weight is 352 g/mol.